The SMILES string of the molecule is O=c1oc2ccc(F)cc2n1Cc1cccc(F)c1. The van der Waals surface area contributed by atoms with Crippen molar-refractivity contribution in [2.75, 3.05) is 0 Å². The molecule has 19 heavy (non-hydrogen) atoms. The van der Waals surface area contributed by atoms with E-state index in [-0.39, 0.29) is 12.4 Å². The summed E-state index contributed by atoms with van der Waals surface area (Å²) >= 11 is 0. The molecule has 0 saturated heterocycles. The zero-order valence-corrected chi connectivity index (χ0v) is 9.77. The van der Waals surface area contributed by atoms with Gasteiger partial charge in [-0.15, -0.1) is 0 Å². The van der Waals surface area contributed by atoms with Gasteiger partial charge in [0.15, 0.2) is 5.58 Å². The van der Waals surface area contributed by atoms with Crippen LogP contribution in [-0.2, 0) is 6.54 Å². The average molecular weight is 261 g/mol. The van der Waals surface area contributed by atoms with Crippen molar-refractivity contribution in [3.05, 3.63) is 70.2 Å². The van der Waals surface area contributed by atoms with Gasteiger partial charge in [-0.25, -0.2) is 13.6 Å². The van der Waals surface area contributed by atoms with E-state index in [4.69, 9.17) is 4.42 Å². The van der Waals surface area contributed by atoms with Gasteiger partial charge in [0.1, 0.15) is 11.6 Å². The molecule has 5 heteroatoms. The van der Waals surface area contributed by atoms with Gasteiger partial charge >= 0.3 is 5.76 Å². The lowest BCUT2D eigenvalue weighted by Gasteiger charge is -2.02. The van der Waals surface area contributed by atoms with Gasteiger partial charge in [0.2, 0.25) is 0 Å². The topological polar surface area (TPSA) is 35.1 Å². The Hall–Kier alpha value is -2.43. The minimum Gasteiger partial charge on any atom is -0.408 e. The van der Waals surface area contributed by atoms with Crippen molar-refractivity contribution in [3.8, 4) is 0 Å². The molecule has 1 aromatic heterocycles. The molecule has 0 aliphatic rings. The van der Waals surface area contributed by atoms with Crippen molar-refractivity contribution in [2.24, 2.45) is 0 Å². The Labute approximate surface area is 106 Å². The van der Waals surface area contributed by atoms with E-state index in [9.17, 15) is 13.6 Å². The maximum atomic E-state index is 13.2. The van der Waals surface area contributed by atoms with Crippen LogP contribution >= 0.6 is 0 Å². The third kappa shape index (κ3) is 2.14. The summed E-state index contributed by atoms with van der Waals surface area (Å²) in [6, 6.07) is 9.72. The van der Waals surface area contributed by atoms with Gasteiger partial charge < -0.3 is 4.42 Å². The summed E-state index contributed by atoms with van der Waals surface area (Å²) in [7, 11) is 0. The number of rotatable bonds is 2. The van der Waals surface area contributed by atoms with E-state index < -0.39 is 11.6 Å². The Balaban J connectivity index is 2.12. The van der Waals surface area contributed by atoms with Crippen LogP contribution in [0.5, 0.6) is 0 Å². The minimum atomic E-state index is -0.593. The number of hydrogen-bond acceptors (Lipinski definition) is 2. The van der Waals surface area contributed by atoms with Gasteiger partial charge in [-0.2, -0.15) is 0 Å². The highest BCUT2D eigenvalue weighted by Crippen LogP contribution is 2.16. The van der Waals surface area contributed by atoms with Crippen molar-refractivity contribution < 1.29 is 13.2 Å². The normalized spacial score (nSPS) is 11.1. The number of aromatic nitrogens is 1. The van der Waals surface area contributed by atoms with Gasteiger partial charge in [0, 0.05) is 6.07 Å². The van der Waals surface area contributed by atoms with Crippen molar-refractivity contribution in [3.63, 3.8) is 0 Å². The van der Waals surface area contributed by atoms with Crippen LogP contribution < -0.4 is 5.76 Å². The number of fused-ring (bicyclic) bond motifs is 1. The van der Waals surface area contributed by atoms with E-state index in [0.29, 0.717) is 16.7 Å². The van der Waals surface area contributed by atoms with Crippen molar-refractivity contribution in [2.45, 2.75) is 6.54 Å². The predicted molar refractivity (Wildman–Crippen MR) is 65.9 cm³/mol. The van der Waals surface area contributed by atoms with E-state index in [2.05, 4.69) is 0 Å². The molecule has 0 spiro atoms. The van der Waals surface area contributed by atoms with E-state index in [1.54, 1.807) is 12.1 Å². The third-order valence-electron chi connectivity index (χ3n) is 2.86. The quantitative estimate of drug-likeness (QED) is 0.711. The first-order chi connectivity index (χ1) is 9.13. The van der Waals surface area contributed by atoms with Crippen LogP contribution in [0.1, 0.15) is 5.56 Å². The number of hydrogen-bond donors (Lipinski definition) is 0. The lowest BCUT2D eigenvalue weighted by Crippen LogP contribution is -2.14. The van der Waals surface area contributed by atoms with Crippen LogP contribution in [0, 0.1) is 11.6 Å². The molecule has 3 nitrogen and oxygen atoms in total. The summed E-state index contributed by atoms with van der Waals surface area (Å²) in [5, 5.41) is 0. The fourth-order valence-electron chi connectivity index (χ4n) is 2.00. The molecule has 0 unspecified atom stereocenters. The molecule has 96 valence electrons. The minimum absolute atomic E-state index is 0.132. The maximum absolute atomic E-state index is 13.2. The van der Waals surface area contributed by atoms with E-state index in [0.717, 1.165) is 0 Å². The summed E-state index contributed by atoms with van der Waals surface area (Å²) < 4.78 is 32.6. The largest absolute Gasteiger partial charge is 0.420 e. The Morgan fingerprint density at radius 1 is 1.05 bits per heavy atom. The molecule has 0 fully saturated rings. The van der Waals surface area contributed by atoms with Crippen molar-refractivity contribution >= 4 is 11.1 Å². The number of nitrogens with zero attached hydrogens (tertiary/aromatic N) is 1. The van der Waals surface area contributed by atoms with Crippen molar-refractivity contribution in [1.82, 2.24) is 4.57 Å². The second-order valence-electron chi connectivity index (χ2n) is 4.20. The van der Waals surface area contributed by atoms with Gasteiger partial charge in [0.05, 0.1) is 12.1 Å². The first-order valence-electron chi connectivity index (χ1n) is 5.67. The molecule has 0 radical (unpaired) electrons. The fourth-order valence-corrected chi connectivity index (χ4v) is 2.00. The fraction of sp³-hybridized carbons (Fsp3) is 0.0714. The molecule has 3 aromatic rings. The van der Waals surface area contributed by atoms with E-state index in [1.807, 2.05) is 0 Å². The molecule has 0 N–H and O–H groups in total. The molecule has 1 heterocycles. The van der Waals surface area contributed by atoms with Gasteiger partial charge in [-0.3, -0.25) is 4.57 Å². The molecular weight excluding hydrogens is 252 g/mol. The molecular formula is C14H9F2NO2. The maximum Gasteiger partial charge on any atom is 0.420 e. The first-order valence-corrected chi connectivity index (χ1v) is 5.67. The van der Waals surface area contributed by atoms with Crippen LogP contribution in [-0.4, -0.2) is 4.57 Å². The highest BCUT2D eigenvalue weighted by molar-refractivity contribution is 5.72. The molecule has 0 amide bonds. The van der Waals surface area contributed by atoms with Gasteiger partial charge in [-0.05, 0) is 29.8 Å². The average Bonchev–Trinajstić information content (AvgIpc) is 2.66. The number of halogens is 2. The summed E-state index contributed by atoms with van der Waals surface area (Å²) in [5.41, 5.74) is 1.27. The van der Waals surface area contributed by atoms with Crippen LogP contribution in [0.15, 0.2) is 51.7 Å². The zero-order valence-electron chi connectivity index (χ0n) is 9.77. The summed E-state index contributed by atoms with van der Waals surface area (Å²) in [5.74, 6) is -1.43. The van der Waals surface area contributed by atoms with E-state index >= 15 is 0 Å². The Morgan fingerprint density at radius 2 is 1.84 bits per heavy atom. The molecule has 0 bridgehead atoms. The van der Waals surface area contributed by atoms with Crippen LogP contribution in [0.25, 0.3) is 11.1 Å². The molecule has 2 aromatic carbocycles. The van der Waals surface area contributed by atoms with Gasteiger partial charge in [-0.1, -0.05) is 12.1 Å². The molecule has 0 saturated carbocycles. The molecule has 3 rings (SSSR count). The van der Waals surface area contributed by atoms with Crippen LogP contribution in [0.2, 0.25) is 0 Å². The van der Waals surface area contributed by atoms with Crippen LogP contribution in [0.3, 0.4) is 0 Å². The first kappa shape index (κ1) is 11.6. The highest BCUT2D eigenvalue weighted by Gasteiger charge is 2.10. The number of benzene rings is 2. The lowest BCUT2D eigenvalue weighted by molar-refractivity contribution is 0.517. The predicted octanol–water partition coefficient (Wildman–Crippen LogP) is 2.92. The second kappa shape index (κ2) is 4.35. The Kier molecular flexibility index (Phi) is 2.67. The number of oxazole rings is 1. The van der Waals surface area contributed by atoms with E-state index in [1.165, 1.54) is 34.9 Å². The summed E-state index contributed by atoms with van der Waals surface area (Å²) in [4.78, 5) is 11.7. The second-order valence-corrected chi connectivity index (χ2v) is 4.20. The Morgan fingerprint density at radius 3 is 2.63 bits per heavy atom. The smallest absolute Gasteiger partial charge is 0.408 e. The Bertz CT molecular complexity index is 805. The third-order valence-corrected chi connectivity index (χ3v) is 2.86. The van der Waals surface area contributed by atoms with Crippen molar-refractivity contribution in [1.29, 1.82) is 0 Å². The summed E-state index contributed by atoms with van der Waals surface area (Å²) in [6.07, 6.45) is 0. The van der Waals surface area contributed by atoms with Gasteiger partial charge in [0.25, 0.3) is 0 Å². The van der Waals surface area contributed by atoms with Crippen LogP contribution in [0.4, 0.5) is 8.78 Å². The molecule has 0 aliphatic heterocycles. The standard InChI is InChI=1S/C14H9F2NO2/c15-10-3-1-2-9(6-10)8-17-12-7-11(16)4-5-13(12)19-14(17)18/h1-7H,8H2. The molecule has 0 aliphatic carbocycles. The zero-order chi connectivity index (χ0) is 13.4. The molecule has 0 atom stereocenters. The summed E-state index contributed by atoms with van der Waals surface area (Å²) in [6.45, 7) is 0.132. The monoisotopic (exact) mass is 261 g/mol. The highest BCUT2D eigenvalue weighted by atomic mass is 19.1. The lowest BCUT2D eigenvalue weighted by atomic mass is 10.2.